The zero-order chi connectivity index (χ0) is 19.7. The van der Waals surface area contributed by atoms with Gasteiger partial charge in [0.05, 0.1) is 6.54 Å². The first-order valence-electron chi connectivity index (χ1n) is 8.93. The molecule has 1 aliphatic heterocycles. The van der Waals surface area contributed by atoms with Crippen LogP contribution in [0.1, 0.15) is 40.5 Å². The molecule has 0 aliphatic carbocycles. The number of ether oxygens (including phenoxy) is 1. The first kappa shape index (κ1) is 17.8. The minimum Gasteiger partial charge on any atom is -0.470 e. The average Bonchev–Trinajstić information content (AvgIpc) is 3.12. The highest BCUT2D eigenvalue weighted by atomic mass is 16.5. The van der Waals surface area contributed by atoms with E-state index in [4.69, 9.17) is 10.00 Å². The molecular weight excluding hydrogens is 360 g/mol. The van der Waals surface area contributed by atoms with E-state index in [9.17, 15) is 4.79 Å². The van der Waals surface area contributed by atoms with Gasteiger partial charge in [-0.2, -0.15) is 10.2 Å². The van der Waals surface area contributed by atoms with Crippen molar-refractivity contribution < 1.29 is 9.53 Å². The molecule has 142 valence electrons. The monoisotopic (exact) mass is 378 g/mol. The van der Waals surface area contributed by atoms with Gasteiger partial charge < -0.3 is 9.64 Å². The second-order valence-corrected chi connectivity index (χ2v) is 6.64. The minimum atomic E-state index is -0.277. The number of nitrogens with zero attached hydrogens (tertiary/aromatic N) is 8. The SMILES string of the molecule is Cc1cc(C)n2nc(C(=O)N3CCCC(Oc4nccnc4C#N)C3)nc2n1. The second-order valence-electron chi connectivity index (χ2n) is 6.64. The first-order chi connectivity index (χ1) is 13.5. The molecule has 1 atom stereocenters. The Labute approximate surface area is 160 Å². The Hall–Kier alpha value is -3.61. The van der Waals surface area contributed by atoms with Gasteiger partial charge in [0.1, 0.15) is 12.2 Å². The van der Waals surface area contributed by atoms with Crippen molar-refractivity contribution in [3.63, 3.8) is 0 Å². The zero-order valence-electron chi connectivity index (χ0n) is 15.5. The van der Waals surface area contributed by atoms with E-state index in [-0.39, 0.29) is 29.4 Å². The van der Waals surface area contributed by atoms with E-state index in [2.05, 4.69) is 25.0 Å². The summed E-state index contributed by atoms with van der Waals surface area (Å²) in [5, 5.41) is 13.4. The van der Waals surface area contributed by atoms with Crippen molar-refractivity contribution >= 4 is 11.7 Å². The number of hydrogen-bond donors (Lipinski definition) is 0. The maximum Gasteiger partial charge on any atom is 0.293 e. The van der Waals surface area contributed by atoms with Crippen LogP contribution >= 0.6 is 0 Å². The number of hydrogen-bond acceptors (Lipinski definition) is 8. The fraction of sp³-hybridized carbons (Fsp3) is 0.389. The molecule has 1 saturated heterocycles. The van der Waals surface area contributed by atoms with E-state index < -0.39 is 0 Å². The molecule has 3 aromatic rings. The summed E-state index contributed by atoms with van der Waals surface area (Å²) in [5.74, 6) is 0.434. The van der Waals surface area contributed by atoms with Gasteiger partial charge in [-0.3, -0.25) is 4.79 Å². The molecule has 1 fully saturated rings. The Morgan fingerprint density at radius 2 is 2.11 bits per heavy atom. The van der Waals surface area contributed by atoms with Gasteiger partial charge in [-0.05, 0) is 32.8 Å². The molecule has 3 aromatic heterocycles. The lowest BCUT2D eigenvalue weighted by Gasteiger charge is -2.31. The number of carbonyl (C=O) groups is 1. The van der Waals surface area contributed by atoms with Gasteiger partial charge in [0.15, 0.2) is 0 Å². The van der Waals surface area contributed by atoms with Crippen molar-refractivity contribution in [3.05, 3.63) is 41.4 Å². The average molecular weight is 378 g/mol. The lowest BCUT2D eigenvalue weighted by molar-refractivity contribution is 0.0515. The Morgan fingerprint density at radius 1 is 1.29 bits per heavy atom. The molecule has 28 heavy (non-hydrogen) atoms. The number of aromatic nitrogens is 6. The summed E-state index contributed by atoms with van der Waals surface area (Å²) in [6.07, 6.45) is 4.15. The van der Waals surface area contributed by atoms with E-state index in [1.807, 2.05) is 26.0 Å². The van der Waals surface area contributed by atoms with Crippen LogP contribution in [-0.2, 0) is 0 Å². The minimum absolute atomic E-state index is 0.110. The van der Waals surface area contributed by atoms with Crippen LogP contribution in [0.25, 0.3) is 5.78 Å². The highest BCUT2D eigenvalue weighted by Gasteiger charge is 2.29. The largest absolute Gasteiger partial charge is 0.470 e. The summed E-state index contributed by atoms with van der Waals surface area (Å²) in [7, 11) is 0. The Balaban J connectivity index is 1.52. The number of aryl methyl sites for hydroxylation is 2. The Morgan fingerprint density at radius 3 is 2.93 bits per heavy atom. The van der Waals surface area contributed by atoms with Crippen molar-refractivity contribution in [2.45, 2.75) is 32.8 Å². The van der Waals surface area contributed by atoms with Gasteiger partial charge in [0, 0.05) is 30.3 Å². The predicted octanol–water partition coefficient (Wildman–Crippen LogP) is 1.09. The molecule has 1 amide bonds. The third kappa shape index (κ3) is 3.34. The van der Waals surface area contributed by atoms with Gasteiger partial charge in [-0.25, -0.2) is 19.5 Å². The number of fused-ring (bicyclic) bond motifs is 1. The van der Waals surface area contributed by atoms with E-state index in [0.29, 0.717) is 18.9 Å². The van der Waals surface area contributed by atoms with Crippen molar-refractivity contribution in [1.82, 2.24) is 34.4 Å². The van der Waals surface area contributed by atoms with Crippen molar-refractivity contribution in [2.75, 3.05) is 13.1 Å². The third-order valence-corrected chi connectivity index (χ3v) is 4.52. The third-order valence-electron chi connectivity index (χ3n) is 4.52. The lowest BCUT2D eigenvalue weighted by Crippen LogP contribution is -2.44. The number of piperidine rings is 1. The number of likely N-dealkylation sites (tertiary alicyclic amines) is 1. The van der Waals surface area contributed by atoms with Crippen LogP contribution < -0.4 is 4.74 Å². The van der Waals surface area contributed by atoms with Crippen LogP contribution in [0, 0.1) is 25.2 Å². The molecule has 1 aliphatic rings. The number of nitriles is 1. The number of carbonyl (C=O) groups excluding carboxylic acids is 1. The van der Waals surface area contributed by atoms with E-state index in [1.54, 1.807) is 9.42 Å². The molecule has 10 nitrogen and oxygen atoms in total. The highest BCUT2D eigenvalue weighted by molar-refractivity contribution is 5.91. The van der Waals surface area contributed by atoms with Gasteiger partial charge >= 0.3 is 0 Å². The molecule has 4 heterocycles. The van der Waals surface area contributed by atoms with Gasteiger partial charge in [-0.1, -0.05) is 0 Å². The molecule has 10 heteroatoms. The van der Waals surface area contributed by atoms with E-state index >= 15 is 0 Å². The van der Waals surface area contributed by atoms with Crippen molar-refractivity contribution in [1.29, 1.82) is 5.26 Å². The van der Waals surface area contributed by atoms with Crippen LogP contribution in [0.5, 0.6) is 5.88 Å². The summed E-state index contributed by atoms with van der Waals surface area (Å²) in [6.45, 7) is 4.72. The molecule has 0 spiro atoms. The lowest BCUT2D eigenvalue weighted by atomic mass is 10.1. The van der Waals surface area contributed by atoms with E-state index in [0.717, 1.165) is 24.2 Å². The molecule has 1 unspecified atom stereocenters. The first-order valence-corrected chi connectivity index (χ1v) is 8.93. The van der Waals surface area contributed by atoms with Crippen molar-refractivity contribution in [3.8, 4) is 11.9 Å². The maximum atomic E-state index is 12.9. The maximum absolute atomic E-state index is 12.9. The van der Waals surface area contributed by atoms with Crippen LogP contribution in [0.4, 0.5) is 0 Å². The smallest absolute Gasteiger partial charge is 0.293 e. The van der Waals surface area contributed by atoms with Crippen LogP contribution in [-0.4, -0.2) is 59.6 Å². The second kappa shape index (κ2) is 7.19. The molecule has 0 saturated carbocycles. The molecular formula is C18H18N8O2. The summed E-state index contributed by atoms with van der Waals surface area (Å²) >= 11 is 0. The van der Waals surface area contributed by atoms with Gasteiger partial charge in [0.25, 0.3) is 17.6 Å². The summed E-state index contributed by atoms with van der Waals surface area (Å²) in [6, 6.07) is 3.84. The zero-order valence-corrected chi connectivity index (χ0v) is 15.5. The molecule has 0 radical (unpaired) electrons. The van der Waals surface area contributed by atoms with Crippen LogP contribution in [0.2, 0.25) is 0 Å². The number of rotatable bonds is 3. The molecule has 0 N–H and O–H groups in total. The van der Waals surface area contributed by atoms with Crippen LogP contribution in [0.3, 0.4) is 0 Å². The summed E-state index contributed by atoms with van der Waals surface area (Å²) in [5.41, 5.74) is 1.81. The molecule has 4 rings (SSSR count). The fourth-order valence-corrected chi connectivity index (χ4v) is 3.26. The highest BCUT2D eigenvalue weighted by Crippen LogP contribution is 2.19. The van der Waals surface area contributed by atoms with Gasteiger partial charge in [0.2, 0.25) is 11.5 Å². The Kier molecular flexibility index (Phi) is 4.57. The molecule has 0 bridgehead atoms. The molecule has 0 aromatic carbocycles. The number of amides is 1. The van der Waals surface area contributed by atoms with Crippen molar-refractivity contribution in [2.24, 2.45) is 0 Å². The quantitative estimate of drug-likeness (QED) is 0.664. The summed E-state index contributed by atoms with van der Waals surface area (Å²) < 4.78 is 7.41. The van der Waals surface area contributed by atoms with E-state index in [1.165, 1.54) is 12.4 Å². The topological polar surface area (TPSA) is 122 Å². The van der Waals surface area contributed by atoms with Crippen LogP contribution in [0.15, 0.2) is 18.5 Å². The normalized spacial score (nSPS) is 16.8. The van der Waals surface area contributed by atoms with Gasteiger partial charge in [-0.15, -0.1) is 5.10 Å². The summed E-state index contributed by atoms with van der Waals surface area (Å²) in [4.78, 5) is 31.2. The fourth-order valence-electron chi connectivity index (χ4n) is 3.26. The standard InChI is InChI=1S/C18H18N8O2/c1-11-8-12(2)26-18(22-11)23-15(24-26)17(27)25-7-3-4-13(10-25)28-16-14(9-19)20-5-6-21-16/h5-6,8,13H,3-4,7,10H2,1-2H3. The Bertz CT molecular complexity index is 1090. The predicted molar refractivity (Wildman–Crippen MR) is 96.6 cm³/mol.